The number of rotatable bonds is 1. The van der Waals surface area contributed by atoms with E-state index in [4.69, 9.17) is 5.41 Å². The highest BCUT2D eigenvalue weighted by molar-refractivity contribution is 5.70. The molecule has 0 aromatic rings. The van der Waals surface area contributed by atoms with Gasteiger partial charge in [0.15, 0.2) is 0 Å². The molecule has 0 fully saturated rings. The smallest absolute Gasteiger partial charge is 0.0733 e. The normalized spacial score (nSPS) is 30.4. The van der Waals surface area contributed by atoms with E-state index in [9.17, 15) is 0 Å². The second kappa shape index (κ2) is 3.34. The molecular formula is C10H17N3. The van der Waals surface area contributed by atoms with E-state index in [1.165, 1.54) is 6.21 Å². The third kappa shape index (κ3) is 1.98. The van der Waals surface area contributed by atoms with Crippen LogP contribution in [0.2, 0.25) is 0 Å². The predicted octanol–water partition coefficient (Wildman–Crippen LogP) is 1.35. The van der Waals surface area contributed by atoms with Gasteiger partial charge < -0.3 is 10.7 Å². The maximum atomic E-state index is 7.41. The fraction of sp³-hybridized carbons (Fsp3) is 0.500. The minimum absolute atomic E-state index is 0.295. The summed E-state index contributed by atoms with van der Waals surface area (Å²) >= 11 is 0. The van der Waals surface area contributed by atoms with Gasteiger partial charge in [-0.05, 0) is 27.0 Å². The lowest BCUT2D eigenvalue weighted by Crippen LogP contribution is -2.43. The van der Waals surface area contributed by atoms with Crippen molar-refractivity contribution < 1.29 is 0 Å². The SMILES string of the molecule is C=C1CN(C)[C@](C)(C=N)C=C(C)N1. The monoisotopic (exact) mass is 179 g/mol. The molecule has 3 nitrogen and oxygen atoms in total. The Morgan fingerprint density at radius 3 is 2.92 bits per heavy atom. The molecule has 0 saturated carbocycles. The van der Waals surface area contributed by atoms with Crippen LogP contribution in [0.5, 0.6) is 0 Å². The van der Waals surface area contributed by atoms with Crippen LogP contribution < -0.4 is 5.32 Å². The lowest BCUT2D eigenvalue weighted by Gasteiger charge is -2.31. The maximum absolute atomic E-state index is 7.41. The molecule has 0 aromatic heterocycles. The van der Waals surface area contributed by atoms with Crippen LogP contribution in [0.3, 0.4) is 0 Å². The predicted molar refractivity (Wildman–Crippen MR) is 55.9 cm³/mol. The Balaban J connectivity index is 3.02. The zero-order chi connectivity index (χ0) is 10.1. The van der Waals surface area contributed by atoms with Crippen LogP contribution in [-0.2, 0) is 0 Å². The van der Waals surface area contributed by atoms with Gasteiger partial charge >= 0.3 is 0 Å². The van der Waals surface area contributed by atoms with Gasteiger partial charge in [-0.25, -0.2) is 0 Å². The third-order valence-electron chi connectivity index (χ3n) is 2.43. The number of likely N-dealkylation sites (N-methyl/N-ethyl adjacent to an activating group) is 1. The Bertz CT molecular complexity index is 267. The first-order chi connectivity index (χ1) is 5.98. The van der Waals surface area contributed by atoms with Crippen molar-refractivity contribution in [2.75, 3.05) is 13.6 Å². The standard InChI is InChI=1S/C10H17N3/c1-8-5-10(3,7-11)13(4)6-9(2)12-8/h5,7,11-12H,2,6H2,1,3-4H3/t10-/m0/s1. The van der Waals surface area contributed by atoms with Crippen molar-refractivity contribution in [3.8, 4) is 0 Å². The summed E-state index contributed by atoms with van der Waals surface area (Å²) in [5, 5.41) is 10.6. The zero-order valence-corrected chi connectivity index (χ0v) is 8.52. The fourth-order valence-electron chi connectivity index (χ4n) is 1.51. The summed E-state index contributed by atoms with van der Waals surface area (Å²) in [7, 11) is 1.99. The summed E-state index contributed by atoms with van der Waals surface area (Å²) in [6.07, 6.45) is 3.50. The molecule has 0 bridgehead atoms. The van der Waals surface area contributed by atoms with E-state index in [2.05, 4.69) is 16.8 Å². The van der Waals surface area contributed by atoms with E-state index in [1.54, 1.807) is 0 Å². The van der Waals surface area contributed by atoms with Crippen LogP contribution in [0, 0.1) is 5.41 Å². The third-order valence-corrected chi connectivity index (χ3v) is 2.43. The Hall–Kier alpha value is -1.09. The minimum atomic E-state index is -0.295. The van der Waals surface area contributed by atoms with E-state index in [-0.39, 0.29) is 5.54 Å². The highest BCUT2D eigenvalue weighted by Crippen LogP contribution is 2.18. The van der Waals surface area contributed by atoms with E-state index in [0.29, 0.717) is 0 Å². The van der Waals surface area contributed by atoms with E-state index < -0.39 is 0 Å². The van der Waals surface area contributed by atoms with Crippen molar-refractivity contribution in [3.63, 3.8) is 0 Å². The zero-order valence-electron chi connectivity index (χ0n) is 8.52. The van der Waals surface area contributed by atoms with Crippen molar-refractivity contribution in [3.05, 3.63) is 24.0 Å². The van der Waals surface area contributed by atoms with Gasteiger partial charge in [0.25, 0.3) is 0 Å². The number of hydrogen-bond acceptors (Lipinski definition) is 3. The summed E-state index contributed by atoms with van der Waals surface area (Å²) in [5.41, 5.74) is 1.73. The van der Waals surface area contributed by atoms with Gasteiger partial charge in [0.1, 0.15) is 0 Å². The summed E-state index contributed by atoms with van der Waals surface area (Å²) < 4.78 is 0. The van der Waals surface area contributed by atoms with Crippen molar-refractivity contribution in [2.24, 2.45) is 0 Å². The minimum Gasteiger partial charge on any atom is -0.362 e. The van der Waals surface area contributed by atoms with Crippen molar-refractivity contribution in [1.29, 1.82) is 5.41 Å². The summed E-state index contributed by atoms with van der Waals surface area (Å²) in [6.45, 7) is 8.68. The molecule has 1 heterocycles. The van der Waals surface area contributed by atoms with E-state index >= 15 is 0 Å². The Morgan fingerprint density at radius 2 is 2.38 bits per heavy atom. The average molecular weight is 179 g/mol. The van der Waals surface area contributed by atoms with Crippen LogP contribution >= 0.6 is 0 Å². The fourth-order valence-corrected chi connectivity index (χ4v) is 1.51. The second-order valence-electron chi connectivity index (χ2n) is 3.78. The molecule has 0 aromatic carbocycles. The molecule has 0 saturated heterocycles. The van der Waals surface area contributed by atoms with Crippen LogP contribution in [0.1, 0.15) is 13.8 Å². The summed E-state index contributed by atoms with van der Waals surface area (Å²) in [5.74, 6) is 0. The molecular weight excluding hydrogens is 162 g/mol. The molecule has 2 N–H and O–H groups in total. The number of nitrogens with one attached hydrogen (secondary N) is 2. The van der Waals surface area contributed by atoms with Gasteiger partial charge in [-0.3, -0.25) is 4.90 Å². The van der Waals surface area contributed by atoms with E-state index in [0.717, 1.165) is 17.9 Å². The van der Waals surface area contributed by atoms with Gasteiger partial charge in [0.05, 0.1) is 5.54 Å². The largest absolute Gasteiger partial charge is 0.362 e. The summed E-state index contributed by atoms with van der Waals surface area (Å²) in [6, 6.07) is 0. The van der Waals surface area contributed by atoms with Gasteiger partial charge in [0.2, 0.25) is 0 Å². The molecule has 1 aliphatic rings. The molecule has 0 amide bonds. The van der Waals surface area contributed by atoms with Crippen molar-refractivity contribution in [2.45, 2.75) is 19.4 Å². The Kier molecular flexibility index (Phi) is 2.57. The van der Waals surface area contributed by atoms with Crippen LogP contribution in [0.15, 0.2) is 24.0 Å². The maximum Gasteiger partial charge on any atom is 0.0733 e. The first kappa shape index (κ1) is 9.99. The quantitative estimate of drug-likeness (QED) is 0.596. The number of nitrogens with zero attached hydrogens (tertiary/aromatic N) is 1. The second-order valence-corrected chi connectivity index (χ2v) is 3.78. The van der Waals surface area contributed by atoms with Gasteiger partial charge in [-0.15, -0.1) is 0 Å². The van der Waals surface area contributed by atoms with Crippen LogP contribution in [-0.4, -0.2) is 30.2 Å². The number of hydrogen-bond donors (Lipinski definition) is 2. The Labute approximate surface area is 79.6 Å². The first-order valence-electron chi connectivity index (χ1n) is 4.35. The highest BCUT2D eigenvalue weighted by atomic mass is 15.2. The molecule has 72 valence electrons. The molecule has 0 spiro atoms. The number of allylic oxidation sites excluding steroid dienone is 1. The lowest BCUT2D eigenvalue weighted by atomic mass is 10.0. The molecule has 13 heavy (non-hydrogen) atoms. The average Bonchev–Trinajstić information content (AvgIpc) is 2.10. The topological polar surface area (TPSA) is 39.1 Å². The van der Waals surface area contributed by atoms with E-state index in [1.807, 2.05) is 27.0 Å². The highest BCUT2D eigenvalue weighted by Gasteiger charge is 2.27. The Morgan fingerprint density at radius 1 is 1.77 bits per heavy atom. The van der Waals surface area contributed by atoms with Gasteiger partial charge in [0, 0.05) is 24.2 Å². The first-order valence-corrected chi connectivity index (χ1v) is 4.35. The molecule has 0 aliphatic carbocycles. The van der Waals surface area contributed by atoms with Crippen LogP contribution in [0.4, 0.5) is 0 Å². The summed E-state index contributed by atoms with van der Waals surface area (Å²) in [4.78, 5) is 2.09. The molecule has 0 unspecified atom stereocenters. The molecule has 0 radical (unpaired) electrons. The lowest BCUT2D eigenvalue weighted by molar-refractivity contribution is 0.276. The molecule has 1 rings (SSSR count). The molecule has 1 atom stereocenters. The van der Waals surface area contributed by atoms with Gasteiger partial charge in [-0.2, -0.15) is 0 Å². The molecule has 3 heteroatoms. The van der Waals surface area contributed by atoms with Gasteiger partial charge in [-0.1, -0.05) is 6.58 Å². The molecule has 1 aliphatic heterocycles. The van der Waals surface area contributed by atoms with Crippen molar-refractivity contribution in [1.82, 2.24) is 10.2 Å². The van der Waals surface area contributed by atoms with Crippen LogP contribution in [0.25, 0.3) is 0 Å². The van der Waals surface area contributed by atoms with Crippen molar-refractivity contribution >= 4 is 6.21 Å².